The predicted octanol–water partition coefficient (Wildman–Crippen LogP) is 12.5. The van der Waals surface area contributed by atoms with Gasteiger partial charge in [0.15, 0.2) is 0 Å². The van der Waals surface area contributed by atoms with E-state index in [1.54, 1.807) is 0 Å². The Labute approximate surface area is 319 Å². The number of hydrogen-bond acceptors (Lipinski definition) is 2. The van der Waals surface area contributed by atoms with Gasteiger partial charge in [-0.2, -0.15) is 0 Å². The lowest BCUT2D eigenvalue weighted by molar-refractivity contribution is 0.755. The zero-order chi connectivity index (χ0) is 36.7. The first-order chi connectivity index (χ1) is 27.3. The maximum Gasteiger partial charge on any atom is 0.0906 e. The fraction of sp³-hybridized carbons (Fsp3) is 0.0392. The Bertz CT molecular complexity index is 3060. The molecule has 0 bridgehead atoms. The van der Waals surface area contributed by atoms with Gasteiger partial charge in [-0.15, -0.1) is 0 Å². The molecule has 55 heavy (non-hydrogen) atoms. The van der Waals surface area contributed by atoms with E-state index < -0.39 is 0 Å². The largest absolute Gasteiger partial charge is 0.317 e. The van der Waals surface area contributed by atoms with Gasteiger partial charge in [-0.05, 0) is 82.0 Å². The molecule has 0 atom stereocenters. The first-order valence-corrected chi connectivity index (χ1v) is 18.8. The van der Waals surface area contributed by atoms with Crippen LogP contribution >= 0.6 is 0 Å². The summed E-state index contributed by atoms with van der Waals surface area (Å²) >= 11 is 0. The summed E-state index contributed by atoms with van der Waals surface area (Å²) in [6.45, 7) is 5.46. The highest BCUT2D eigenvalue weighted by Crippen LogP contribution is 2.44. The Kier molecular flexibility index (Phi) is 8.16. The van der Waals surface area contributed by atoms with E-state index in [2.05, 4.69) is 203 Å². The van der Waals surface area contributed by atoms with Gasteiger partial charge in [-0.25, -0.2) is 0 Å². The Balaban J connectivity index is 1.24. The van der Waals surface area contributed by atoms with Crippen LogP contribution in [-0.4, -0.2) is 22.4 Å². The summed E-state index contributed by atoms with van der Waals surface area (Å²) in [6, 6.07) is 65.2. The van der Waals surface area contributed by atoms with E-state index in [1.807, 2.05) is 6.07 Å². The fourth-order valence-electron chi connectivity index (χ4n) is 8.41. The summed E-state index contributed by atoms with van der Waals surface area (Å²) in [4.78, 5) is 4.78. The minimum atomic E-state index is 0.578. The Morgan fingerprint density at radius 3 is 1.87 bits per heavy atom. The average Bonchev–Trinajstić information content (AvgIpc) is 3.84. The topological polar surface area (TPSA) is 34.2 Å². The highest BCUT2D eigenvalue weighted by atomic mass is 15.1. The molecule has 0 saturated carbocycles. The average molecular weight is 707 g/mol. The van der Waals surface area contributed by atoms with Gasteiger partial charge >= 0.3 is 0 Å². The molecule has 2 aromatic heterocycles. The van der Waals surface area contributed by atoms with Crippen LogP contribution in [0, 0.1) is 0 Å². The second-order valence-corrected chi connectivity index (χ2v) is 14.1. The van der Waals surface area contributed by atoms with Crippen LogP contribution in [0.4, 0.5) is 0 Å². The summed E-state index contributed by atoms with van der Waals surface area (Å²) in [6.07, 6.45) is 2.16. The first-order valence-electron chi connectivity index (χ1n) is 18.8. The van der Waals surface area contributed by atoms with Crippen molar-refractivity contribution < 1.29 is 0 Å². The molecule has 0 aliphatic heterocycles. The minimum absolute atomic E-state index is 0.578. The number of rotatable bonds is 9. The zero-order valence-electron chi connectivity index (χ0n) is 30.4. The normalized spacial score (nSPS) is 12.2. The molecule has 0 spiro atoms. The zero-order valence-corrected chi connectivity index (χ0v) is 30.4. The maximum atomic E-state index is 4.78. The van der Waals surface area contributed by atoms with Crippen molar-refractivity contribution in [3.8, 4) is 16.8 Å². The lowest BCUT2D eigenvalue weighted by atomic mass is 9.95. The summed E-state index contributed by atoms with van der Waals surface area (Å²) in [5.41, 5.74) is 11.2. The van der Waals surface area contributed by atoms with Crippen molar-refractivity contribution >= 4 is 72.4 Å². The molecule has 0 aliphatic carbocycles. The number of aromatic nitrogens is 2. The van der Waals surface area contributed by atoms with E-state index in [0.717, 1.165) is 34.7 Å². The number of nitrogens with zero attached hydrogens (tertiary/aromatic N) is 3. The second-order valence-electron chi connectivity index (χ2n) is 14.1. The third kappa shape index (κ3) is 5.63. The Morgan fingerprint density at radius 1 is 0.545 bits per heavy atom. The third-order valence-electron chi connectivity index (χ3n) is 10.9. The van der Waals surface area contributed by atoms with E-state index in [9.17, 15) is 0 Å². The first kappa shape index (κ1) is 32.6. The SMILES string of the molecule is C=N/C(=C(\CNCc1ccccc1)n1c2ccc(-c3ccc4c(ccn4-c4ccccc4)c3)cc2c2c3ccccc3c3ccccc3c21)c1ccccc1. The molecule has 262 valence electrons. The number of para-hydroxylation sites is 1. The van der Waals surface area contributed by atoms with E-state index in [1.165, 1.54) is 65.4 Å². The highest BCUT2D eigenvalue weighted by Gasteiger charge is 2.23. The molecule has 4 nitrogen and oxygen atoms in total. The van der Waals surface area contributed by atoms with Crippen LogP contribution in [0.1, 0.15) is 11.1 Å². The molecule has 0 amide bonds. The van der Waals surface area contributed by atoms with Gasteiger partial charge in [0.1, 0.15) is 0 Å². The van der Waals surface area contributed by atoms with Gasteiger partial charge in [0.2, 0.25) is 0 Å². The second kappa shape index (κ2) is 13.8. The monoisotopic (exact) mass is 706 g/mol. The van der Waals surface area contributed by atoms with E-state index >= 15 is 0 Å². The van der Waals surface area contributed by atoms with E-state index in [-0.39, 0.29) is 0 Å². The molecule has 2 heterocycles. The van der Waals surface area contributed by atoms with Gasteiger partial charge in [0.05, 0.1) is 27.9 Å². The molecule has 10 rings (SSSR count). The molecule has 4 heteroatoms. The van der Waals surface area contributed by atoms with Crippen molar-refractivity contribution in [2.45, 2.75) is 6.54 Å². The Hall–Kier alpha value is -7.01. The van der Waals surface area contributed by atoms with Crippen molar-refractivity contribution in [3.63, 3.8) is 0 Å². The van der Waals surface area contributed by atoms with Crippen molar-refractivity contribution in [3.05, 3.63) is 199 Å². The van der Waals surface area contributed by atoms with Crippen LogP contribution in [0.3, 0.4) is 0 Å². The molecule has 8 aromatic carbocycles. The van der Waals surface area contributed by atoms with Crippen LogP contribution in [0.25, 0.3) is 82.5 Å². The number of aliphatic imine (C=N–C) groups is 1. The molecule has 10 aromatic rings. The molecule has 0 saturated heterocycles. The predicted molar refractivity (Wildman–Crippen MR) is 234 cm³/mol. The van der Waals surface area contributed by atoms with Gasteiger partial charge in [-0.1, -0.05) is 140 Å². The number of nitrogens with one attached hydrogen (secondary N) is 1. The summed E-state index contributed by atoms with van der Waals surface area (Å²) in [5.74, 6) is 0. The molecular formula is C51H38N4. The van der Waals surface area contributed by atoms with Crippen LogP contribution in [0.15, 0.2) is 193 Å². The molecule has 0 radical (unpaired) electrons. The number of benzene rings is 8. The van der Waals surface area contributed by atoms with Crippen molar-refractivity contribution in [2.24, 2.45) is 4.99 Å². The number of hydrogen-bond donors (Lipinski definition) is 1. The Morgan fingerprint density at radius 2 is 1.15 bits per heavy atom. The minimum Gasteiger partial charge on any atom is -0.317 e. The highest BCUT2D eigenvalue weighted by molar-refractivity contribution is 6.33. The lowest BCUT2D eigenvalue weighted by Crippen LogP contribution is -2.20. The molecular weight excluding hydrogens is 669 g/mol. The maximum absolute atomic E-state index is 4.78. The van der Waals surface area contributed by atoms with Crippen molar-refractivity contribution in [2.75, 3.05) is 6.54 Å². The smallest absolute Gasteiger partial charge is 0.0906 e. The summed E-state index contributed by atoms with van der Waals surface area (Å²) < 4.78 is 4.71. The van der Waals surface area contributed by atoms with Gasteiger partial charge in [0.25, 0.3) is 0 Å². The van der Waals surface area contributed by atoms with Gasteiger partial charge in [0, 0.05) is 52.1 Å². The standard InChI is InChI=1S/C51H38N4/c1-52-50(36-17-7-3-8-18-36)48(34-53-33-35-15-5-2-6-16-35)55-47-28-26-38(37-25-27-46-39(31-37)29-30-54(46)40-19-9-4-10-20-40)32-45(47)49-43-23-13-11-21-41(43)42-22-12-14-24-44(42)51(49)55/h2-32,53H,1,33-34H2/b50-48+. The van der Waals surface area contributed by atoms with Crippen molar-refractivity contribution in [1.29, 1.82) is 0 Å². The fourth-order valence-corrected chi connectivity index (χ4v) is 8.41. The number of fused-ring (bicyclic) bond motifs is 9. The van der Waals surface area contributed by atoms with Crippen LogP contribution < -0.4 is 5.32 Å². The molecule has 0 unspecified atom stereocenters. The lowest BCUT2D eigenvalue weighted by Gasteiger charge is -2.19. The third-order valence-corrected chi connectivity index (χ3v) is 10.9. The quantitative estimate of drug-likeness (QED) is 0.118. The summed E-state index contributed by atoms with van der Waals surface area (Å²) in [7, 11) is 0. The van der Waals surface area contributed by atoms with E-state index in [0.29, 0.717) is 6.54 Å². The van der Waals surface area contributed by atoms with E-state index in [4.69, 9.17) is 4.99 Å². The van der Waals surface area contributed by atoms with Gasteiger partial charge < -0.3 is 14.5 Å². The molecule has 0 aliphatic rings. The molecule has 0 fully saturated rings. The van der Waals surface area contributed by atoms with Gasteiger partial charge in [-0.3, -0.25) is 4.99 Å². The van der Waals surface area contributed by atoms with Crippen LogP contribution in [0.5, 0.6) is 0 Å². The van der Waals surface area contributed by atoms with Crippen LogP contribution in [-0.2, 0) is 6.54 Å². The summed E-state index contributed by atoms with van der Waals surface area (Å²) in [5, 5.41) is 12.3. The van der Waals surface area contributed by atoms with Crippen molar-refractivity contribution in [1.82, 2.24) is 14.5 Å². The molecule has 1 N–H and O–H groups in total. The van der Waals surface area contributed by atoms with Crippen LogP contribution in [0.2, 0.25) is 0 Å².